The number of rotatable bonds is 3. The molecule has 1 aromatic carbocycles. The fourth-order valence-corrected chi connectivity index (χ4v) is 2.45. The molecule has 96 valence electrons. The number of aromatic amines is 1. The van der Waals surface area contributed by atoms with Crippen LogP contribution in [-0.4, -0.2) is 31.2 Å². The molecule has 19 heavy (non-hydrogen) atoms. The van der Waals surface area contributed by atoms with Crippen molar-refractivity contribution in [2.75, 3.05) is 6.26 Å². The van der Waals surface area contributed by atoms with Crippen molar-refractivity contribution in [3.8, 4) is 16.9 Å². The van der Waals surface area contributed by atoms with Crippen molar-refractivity contribution >= 4 is 11.8 Å². The van der Waals surface area contributed by atoms with Crippen LogP contribution in [0.1, 0.15) is 5.56 Å². The second-order valence-corrected chi connectivity index (χ2v) is 4.96. The lowest BCUT2D eigenvalue weighted by Crippen LogP contribution is -1.97. The molecule has 0 saturated heterocycles. The Balaban J connectivity index is 2.17. The molecule has 0 aliphatic carbocycles. The first-order valence-corrected chi connectivity index (χ1v) is 7.06. The second-order valence-electron chi connectivity index (χ2n) is 4.16. The number of H-pyrrole nitrogens is 1. The first kappa shape index (κ1) is 12.0. The zero-order valence-corrected chi connectivity index (χ0v) is 11.5. The van der Waals surface area contributed by atoms with Crippen molar-refractivity contribution in [2.45, 2.75) is 11.9 Å². The van der Waals surface area contributed by atoms with Crippen molar-refractivity contribution in [2.24, 2.45) is 0 Å². The van der Waals surface area contributed by atoms with Crippen LogP contribution in [0.15, 0.2) is 41.9 Å². The fraction of sp³-hybridized carbons (Fsp3) is 0.154. The van der Waals surface area contributed by atoms with Gasteiger partial charge in [-0.25, -0.2) is 9.67 Å². The molecule has 0 radical (unpaired) electrons. The SMILES string of the molecule is CSc1n[nH]c(-c2ccc(C)cc2)c1-n1cncn1. The Morgan fingerprint density at radius 3 is 2.63 bits per heavy atom. The highest BCUT2D eigenvalue weighted by Crippen LogP contribution is 2.31. The molecule has 0 saturated carbocycles. The zero-order valence-electron chi connectivity index (χ0n) is 10.7. The Kier molecular flexibility index (Phi) is 3.08. The Bertz CT molecular complexity index is 670. The highest BCUT2D eigenvalue weighted by Gasteiger charge is 2.16. The number of hydrogen-bond acceptors (Lipinski definition) is 4. The van der Waals surface area contributed by atoms with Gasteiger partial charge in [0.05, 0.1) is 5.69 Å². The van der Waals surface area contributed by atoms with Gasteiger partial charge >= 0.3 is 0 Å². The summed E-state index contributed by atoms with van der Waals surface area (Å²) in [4.78, 5) is 4.00. The molecule has 0 fully saturated rings. The third-order valence-electron chi connectivity index (χ3n) is 2.89. The highest BCUT2D eigenvalue weighted by atomic mass is 32.2. The number of hydrogen-bond donors (Lipinski definition) is 1. The molecule has 0 atom stereocenters. The van der Waals surface area contributed by atoms with E-state index in [0.717, 1.165) is 22.0 Å². The van der Waals surface area contributed by atoms with E-state index >= 15 is 0 Å². The molecule has 5 nitrogen and oxygen atoms in total. The van der Waals surface area contributed by atoms with Crippen LogP contribution in [0.5, 0.6) is 0 Å². The Hall–Kier alpha value is -2.08. The monoisotopic (exact) mass is 271 g/mol. The van der Waals surface area contributed by atoms with E-state index in [4.69, 9.17) is 0 Å². The van der Waals surface area contributed by atoms with E-state index in [1.165, 1.54) is 11.9 Å². The number of benzene rings is 1. The van der Waals surface area contributed by atoms with Gasteiger partial charge in [0.25, 0.3) is 0 Å². The van der Waals surface area contributed by atoms with E-state index in [1.54, 1.807) is 22.8 Å². The summed E-state index contributed by atoms with van der Waals surface area (Å²) in [6, 6.07) is 8.32. The van der Waals surface area contributed by atoms with Gasteiger partial charge in [-0.15, -0.1) is 11.8 Å². The average molecular weight is 271 g/mol. The summed E-state index contributed by atoms with van der Waals surface area (Å²) in [6.45, 7) is 2.07. The minimum Gasteiger partial charge on any atom is -0.274 e. The first-order chi connectivity index (χ1) is 9.29. The van der Waals surface area contributed by atoms with Gasteiger partial charge < -0.3 is 0 Å². The lowest BCUT2D eigenvalue weighted by molar-refractivity contribution is 0.857. The number of nitrogens with zero attached hydrogens (tertiary/aromatic N) is 4. The molecule has 0 unspecified atom stereocenters. The smallest absolute Gasteiger partial charge is 0.144 e. The molecule has 6 heteroatoms. The normalized spacial score (nSPS) is 10.8. The van der Waals surface area contributed by atoms with Crippen molar-refractivity contribution in [3.05, 3.63) is 42.5 Å². The van der Waals surface area contributed by atoms with E-state index < -0.39 is 0 Å². The standard InChI is InChI=1S/C13H13N5S/c1-9-3-5-10(6-4-9)11-12(13(19-2)17-16-11)18-8-14-7-15-18/h3-8H,1-2H3,(H,16,17). The van der Waals surface area contributed by atoms with Gasteiger partial charge in [-0.2, -0.15) is 10.2 Å². The largest absolute Gasteiger partial charge is 0.274 e. The third kappa shape index (κ3) is 2.15. The predicted molar refractivity (Wildman–Crippen MR) is 75.5 cm³/mol. The molecule has 2 heterocycles. The third-order valence-corrected chi connectivity index (χ3v) is 3.56. The van der Waals surface area contributed by atoms with Crippen molar-refractivity contribution < 1.29 is 0 Å². The molecule has 3 aromatic rings. The van der Waals surface area contributed by atoms with Crippen LogP contribution in [0.25, 0.3) is 16.9 Å². The second kappa shape index (κ2) is 4.89. The van der Waals surface area contributed by atoms with E-state index in [9.17, 15) is 0 Å². The molecule has 0 aliphatic rings. The van der Waals surface area contributed by atoms with E-state index in [0.29, 0.717) is 0 Å². The first-order valence-electron chi connectivity index (χ1n) is 5.84. The van der Waals surface area contributed by atoms with Crippen molar-refractivity contribution in [1.29, 1.82) is 0 Å². The fourth-order valence-electron chi connectivity index (χ4n) is 1.92. The van der Waals surface area contributed by atoms with Gasteiger partial charge in [-0.05, 0) is 13.2 Å². The molecular weight excluding hydrogens is 258 g/mol. The summed E-state index contributed by atoms with van der Waals surface area (Å²) in [6.07, 6.45) is 5.20. The molecule has 0 spiro atoms. The highest BCUT2D eigenvalue weighted by molar-refractivity contribution is 7.98. The van der Waals surface area contributed by atoms with Gasteiger partial charge in [0, 0.05) is 5.56 Å². The van der Waals surface area contributed by atoms with Crippen LogP contribution < -0.4 is 0 Å². The van der Waals surface area contributed by atoms with Gasteiger partial charge in [-0.3, -0.25) is 5.10 Å². The quantitative estimate of drug-likeness (QED) is 0.744. The summed E-state index contributed by atoms with van der Waals surface area (Å²) in [5.74, 6) is 0. The number of aromatic nitrogens is 5. The maximum atomic E-state index is 4.34. The molecule has 0 aliphatic heterocycles. The van der Waals surface area contributed by atoms with Gasteiger partial charge in [0.2, 0.25) is 0 Å². The van der Waals surface area contributed by atoms with Gasteiger partial charge in [-0.1, -0.05) is 29.8 Å². The maximum Gasteiger partial charge on any atom is 0.144 e. The Labute approximate surface area is 115 Å². The topological polar surface area (TPSA) is 59.4 Å². The van der Waals surface area contributed by atoms with Crippen molar-refractivity contribution in [1.82, 2.24) is 25.0 Å². The summed E-state index contributed by atoms with van der Waals surface area (Å²) in [7, 11) is 0. The lowest BCUT2D eigenvalue weighted by Gasteiger charge is -2.04. The number of nitrogens with one attached hydrogen (secondary N) is 1. The minimum absolute atomic E-state index is 0.904. The summed E-state index contributed by atoms with van der Waals surface area (Å²) in [5, 5.41) is 12.5. The van der Waals surface area contributed by atoms with E-state index in [2.05, 4.69) is 51.5 Å². The van der Waals surface area contributed by atoms with E-state index in [1.807, 2.05) is 6.26 Å². The van der Waals surface area contributed by atoms with Crippen LogP contribution in [-0.2, 0) is 0 Å². The lowest BCUT2D eigenvalue weighted by atomic mass is 10.1. The van der Waals surface area contributed by atoms with Crippen LogP contribution in [0.3, 0.4) is 0 Å². The summed E-state index contributed by atoms with van der Waals surface area (Å²) >= 11 is 1.58. The molecular formula is C13H13N5S. The Morgan fingerprint density at radius 2 is 2.00 bits per heavy atom. The van der Waals surface area contributed by atoms with Gasteiger partial charge in [0.15, 0.2) is 0 Å². The Morgan fingerprint density at radius 1 is 1.21 bits per heavy atom. The van der Waals surface area contributed by atoms with E-state index in [-0.39, 0.29) is 0 Å². The number of aryl methyl sites for hydroxylation is 1. The summed E-state index contributed by atoms with van der Waals surface area (Å²) in [5.41, 5.74) is 4.21. The molecule has 2 aromatic heterocycles. The summed E-state index contributed by atoms with van der Waals surface area (Å²) < 4.78 is 1.74. The average Bonchev–Trinajstić information content (AvgIpc) is 3.07. The van der Waals surface area contributed by atoms with Crippen LogP contribution in [0.2, 0.25) is 0 Å². The molecule has 0 amide bonds. The predicted octanol–water partition coefficient (Wildman–Crippen LogP) is 2.69. The van der Waals surface area contributed by atoms with Crippen LogP contribution in [0.4, 0.5) is 0 Å². The molecule has 0 bridgehead atoms. The minimum atomic E-state index is 0.904. The van der Waals surface area contributed by atoms with Crippen molar-refractivity contribution in [3.63, 3.8) is 0 Å². The zero-order chi connectivity index (χ0) is 13.2. The number of thioether (sulfide) groups is 1. The molecule has 3 rings (SSSR count). The maximum absolute atomic E-state index is 4.34. The molecule has 1 N–H and O–H groups in total. The van der Waals surface area contributed by atoms with Crippen LogP contribution in [0, 0.1) is 6.92 Å². The van der Waals surface area contributed by atoms with Gasteiger partial charge in [0.1, 0.15) is 23.4 Å². The van der Waals surface area contributed by atoms with Crippen LogP contribution >= 0.6 is 11.8 Å².